The van der Waals surface area contributed by atoms with Gasteiger partial charge in [0.25, 0.3) is 0 Å². The Bertz CT molecular complexity index is 913. The second-order valence-electron chi connectivity index (χ2n) is 8.51. The van der Waals surface area contributed by atoms with Crippen molar-refractivity contribution in [3.63, 3.8) is 0 Å². The first-order chi connectivity index (χ1) is 13.4. The van der Waals surface area contributed by atoms with E-state index in [-0.39, 0.29) is 5.41 Å². The minimum atomic E-state index is -3.25. The number of nitrogens with one attached hydrogen (secondary N) is 1. The molecule has 0 aromatic heterocycles. The van der Waals surface area contributed by atoms with Crippen LogP contribution in [-0.2, 0) is 21.9 Å². The lowest BCUT2D eigenvalue weighted by molar-refractivity contribution is 0.0525. The SMILES string of the molecule is CS(=O)(=O)Nc1cccc(C23CCCC(C2)N(CCc2ccccc2)CC3)c1. The monoisotopic (exact) mass is 398 g/mol. The summed E-state index contributed by atoms with van der Waals surface area (Å²) in [4.78, 5) is 2.68. The van der Waals surface area contributed by atoms with Crippen molar-refractivity contribution in [1.29, 1.82) is 0 Å². The maximum absolute atomic E-state index is 11.6. The van der Waals surface area contributed by atoms with Crippen LogP contribution in [0, 0.1) is 0 Å². The van der Waals surface area contributed by atoms with Gasteiger partial charge in [-0.3, -0.25) is 9.62 Å². The van der Waals surface area contributed by atoms with Gasteiger partial charge >= 0.3 is 0 Å². The molecule has 4 rings (SSSR count). The molecule has 1 aliphatic heterocycles. The van der Waals surface area contributed by atoms with Gasteiger partial charge in [0.05, 0.1) is 6.26 Å². The van der Waals surface area contributed by atoms with Crippen LogP contribution in [0.3, 0.4) is 0 Å². The van der Waals surface area contributed by atoms with E-state index in [9.17, 15) is 8.42 Å². The number of fused-ring (bicyclic) bond motifs is 2. The second-order valence-corrected chi connectivity index (χ2v) is 10.3. The summed E-state index contributed by atoms with van der Waals surface area (Å²) in [5.74, 6) is 0. The number of benzene rings is 2. The van der Waals surface area contributed by atoms with Gasteiger partial charge in [-0.05, 0) is 67.3 Å². The number of hydrogen-bond donors (Lipinski definition) is 1. The van der Waals surface area contributed by atoms with Gasteiger partial charge in [-0.2, -0.15) is 0 Å². The van der Waals surface area contributed by atoms with E-state index >= 15 is 0 Å². The van der Waals surface area contributed by atoms with Crippen LogP contribution in [0.1, 0.15) is 43.2 Å². The highest BCUT2D eigenvalue weighted by Gasteiger charge is 2.43. The van der Waals surface area contributed by atoms with E-state index in [0.717, 1.165) is 25.9 Å². The number of nitrogens with zero attached hydrogens (tertiary/aromatic N) is 1. The smallest absolute Gasteiger partial charge is 0.229 e. The fraction of sp³-hybridized carbons (Fsp3) is 0.478. The van der Waals surface area contributed by atoms with Gasteiger partial charge in [-0.15, -0.1) is 0 Å². The molecule has 1 saturated heterocycles. The molecule has 1 aliphatic carbocycles. The fourth-order valence-electron chi connectivity index (χ4n) is 5.16. The second kappa shape index (κ2) is 7.88. The Labute approximate surface area is 169 Å². The molecule has 4 nitrogen and oxygen atoms in total. The minimum absolute atomic E-state index is 0.196. The average Bonchev–Trinajstić information content (AvgIpc) is 2.67. The number of rotatable bonds is 6. The standard InChI is InChI=1S/C23H30N2O2S/c1-28(26,27)24-21-10-5-9-20(17-21)23-13-6-11-22(18-23)25(16-14-23)15-12-19-7-3-2-4-8-19/h2-5,7-10,17,22,24H,6,11-16,18H2,1H3. The Morgan fingerprint density at radius 3 is 2.71 bits per heavy atom. The van der Waals surface area contributed by atoms with Crippen LogP contribution in [0.4, 0.5) is 5.69 Å². The predicted octanol–water partition coefficient (Wildman–Crippen LogP) is 4.19. The molecule has 0 amide bonds. The molecule has 2 atom stereocenters. The van der Waals surface area contributed by atoms with Crippen molar-refractivity contribution in [2.45, 2.75) is 50.0 Å². The lowest BCUT2D eigenvalue weighted by Gasteiger charge is -2.51. The quantitative estimate of drug-likeness (QED) is 0.794. The summed E-state index contributed by atoms with van der Waals surface area (Å²) in [6.45, 7) is 2.25. The van der Waals surface area contributed by atoms with Crippen molar-refractivity contribution in [2.24, 2.45) is 0 Å². The fourth-order valence-corrected chi connectivity index (χ4v) is 5.71. The van der Waals surface area contributed by atoms with Gasteiger partial charge in [0.15, 0.2) is 0 Å². The third kappa shape index (κ3) is 4.41. The van der Waals surface area contributed by atoms with Gasteiger partial charge < -0.3 is 0 Å². The molecule has 2 aliphatic rings. The molecule has 1 N–H and O–H groups in total. The van der Waals surface area contributed by atoms with Crippen LogP contribution in [0.15, 0.2) is 54.6 Å². The zero-order chi connectivity index (χ0) is 19.6. The summed E-state index contributed by atoms with van der Waals surface area (Å²) in [6.07, 6.45) is 8.38. The van der Waals surface area contributed by atoms with Gasteiger partial charge in [-0.1, -0.05) is 48.9 Å². The van der Waals surface area contributed by atoms with Crippen molar-refractivity contribution in [1.82, 2.24) is 4.90 Å². The average molecular weight is 399 g/mol. The zero-order valence-corrected chi connectivity index (χ0v) is 17.4. The molecule has 2 fully saturated rings. The predicted molar refractivity (Wildman–Crippen MR) is 115 cm³/mol. The lowest BCUT2D eigenvalue weighted by atomic mass is 9.63. The van der Waals surface area contributed by atoms with Crippen molar-refractivity contribution >= 4 is 15.7 Å². The summed E-state index contributed by atoms with van der Waals surface area (Å²) in [7, 11) is -3.25. The maximum atomic E-state index is 11.6. The summed E-state index contributed by atoms with van der Waals surface area (Å²) in [5.41, 5.74) is 3.59. The van der Waals surface area contributed by atoms with Crippen LogP contribution in [-0.4, -0.2) is 38.7 Å². The zero-order valence-electron chi connectivity index (χ0n) is 16.6. The topological polar surface area (TPSA) is 49.4 Å². The van der Waals surface area contributed by atoms with E-state index in [2.05, 4.69) is 52.1 Å². The molecular formula is C23H30N2O2S. The summed E-state index contributed by atoms with van der Waals surface area (Å²) >= 11 is 0. The van der Waals surface area contributed by atoms with Crippen molar-refractivity contribution in [2.75, 3.05) is 24.1 Å². The molecule has 1 heterocycles. The number of anilines is 1. The Kier molecular flexibility index (Phi) is 5.48. The largest absolute Gasteiger partial charge is 0.300 e. The van der Waals surface area contributed by atoms with E-state index in [1.165, 1.54) is 43.1 Å². The third-order valence-corrected chi connectivity index (χ3v) is 7.13. The van der Waals surface area contributed by atoms with Gasteiger partial charge in [0.2, 0.25) is 10.0 Å². The number of sulfonamides is 1. The van der Waals surface area contributed by atoms with E-state index in [1.807, 2.05) is 12.1 Å². The van der Waals surface area contributed by atoms with Crippen LogP contribution < -0.4 is 4.72 Å². The van der Waals surface area contributed by atoms with Gasteiger partial charge in [0.1, 0.15) is 0 Å². The minimum Gasteiger partial charge on any atom is -0.300 e. The van der Waals surface area contributed by atoms with Gasteiger partial charge in [-0.25, -0.2) is 8.42 Å². The summed E-state index contributed by atoms with van der Waals surface area (Å²) in [5, 5.41) is 0. The number of piperidine rings is 1. The molecule has 28 heavy (non-hydrogen) atoms. The summed E-state index contributed by atoms with van der Waals surface area (Å²) in [6, 6.07) is 19.5. The van der Waals surface area contributed by atoms with E-state index in [0.29, 0.717) is 11.7 Å². The molecule has 1 saturated carbocycles. The first-order valence-electron chi connectivity index (χ1n) is 10.3. The molecule has 0 spiro atoms. The van der Waals surface area contributed by atoms with E-state index in [1.54, 1.807) is 0 Å². The molecule has 2 unspecified atom stereocenters. The van der Waals surface area contributed by atoms with E-state index in [4.69, 9.17) is 0 Å². The van der Waals surface area contributed by atoms with Gasteiger partial charge in [0, 0.05) is 18.3 Å². The number of hydrogen-bond acceptors (Lipinski definition) is 3. The van der Waals surface area contributed by atoms with Crippen molar-refractivity contribution in [3.8, 4) is 0 Å². The molecular weight excluding hydrogens is 368 g/mol. The lowest BCUT2D eigenvalue weighted by Crippen LogP contribution is -2.52. The molecule has 0 radical (unpaired) electrons. The molecule has 2 aromatic carbocycles. The molecule has 2 bridgehead atoms. The molecule has 2 aromatic rings. The van der Waals surface area contributed by atoms with Crippen molar-refractivity contribution in [3.05, 3.63) is 65.7 Å². The maximum Gasteiger partial charge on any atom is 0.229 e. The van der Waals surface area contributed by atoms with Crippen LogP contribution in [0.5, 0.6) is 0 Å². The first kappa shape index (κ1) is 19.5. The number of likely N-dealkylation sites (tertiary alicyclic amines) is 1. The molecule has 150 valence electrons. The highest BCUT2D eigenvalue weighted by molar-refractivity contribution is 7.92. The normalized spacial score (nSPS) is 25.4. The molecule has 5 heteroatoms. The Morgan fingerprint density at radius 1 is 1.11 bits per heavy atom. The third-order valence-electron chi connectivity index (χ3n) is 6.52. The highest BCUT2D eigenvalue weighted by atomic mass is 32.2. The Balaban J connectivity index is 1.47. The van der Waals surface area contributed by atoms with Crippen LogP contribution in [0.25, 0.3) is 0 Å². The summed E-state index contributed by atoms with van der Waals surface area (Å²) < 4.78 is 25.9. The Morgan fingerprint density at radius 2 is 1.93 bits per heavy atom. The van der Waals surface area contributed by atoms with E-state index < -0.39 is 10.0 Å². The first-order valence-corrected chi connectivity index (χ1v) is 12.2. The van der Waals surface area contributed by atoms with Crippen LogP contribution in [0.2, 0.25) is 0 Å². The van der Waals surface area contributed by atoms with Crippen LogP contribution >= 0.6 is 0 Å². The van der Waals surface area contributed by atoms with Crippen molar-refractivity contribution < 1.29 is 8.42 Å². The Hall–Kier alpha value is -1.85. The highest BCUT2D eigenvalue weighted by Crippen LogP contribution is 2.47.